The molecule has 0 fully saturated rings. The molecule has 1 aromatic carbocycles. The SMILES string of the molecule is Cc1ccc(/C=C/C(=O)NCCOCCO)c(Br)c1. The number of aliphatic hydroxyl groups excluding tert-OH is 1. The van der Waals surface area contributed by atoms with E-state index in [-0.39, 0.29) is 12.5 Å². The molecule has 1 aromatic rings. The lowest BCUT2D eigenvalue weighted by Crippen LogP contribution is -2.25. The van der Waals surface area contributed by atoms with Crippen molar-refractivity contribution in [2.24, 2.45) is 0 Å². The number of nitrogens with one attached hydrogen (secondary N) is 1. The van der Waals surface area contributed by atoms with E-state index in [1.807, 2.05) is 25.1 Å². The van der Waals surface area contributed by atoms with E-state index in [1.165, 1.54) is 6.08 Å². The molecular formula is C14H18BrNO3. The Balaban J connectivity index is 2.37. The molecule has 0 aliphatic heterocycles. The lowest BCUT2D eigenvalue weighted by molar-refractivity contribution is -0.116. The highest BCUT2D eigenvalue weighted by atomic mass is 79.9. The Morgan fingerprint density at radius 3 is 2.95 bits per heavy atom. The zero-order valence-electron chi connectivity index (χ0n) is 10.9. The van der Waals surface area contributed by atoms with E-state index in [4.69, 9.17) is 9.84 Å². The fourth-order valence-electron chi connectivity index (χ4n) is 1.40. The van der Waals surface area contributed by atoms with Gasteiger partial charge in [0.1, 0.15) is 0 Å². The average Bonchev–Trinajstić information content (AvgIpc) is 2.37. The minimum absolute atomic E-state index is 0.00466. The van der Waals surface area contributed by atoms with Crippen LogP contribution < -0.4 is 5.32 Å². The van der Waals surface area contributed by atoms with Crippen LogP contribution in [0.3, 0.4) is 0 Å². The van der Waals surface area contributed by atoms with Gasteiger partial charge in [-0.3, -0.25) is 4.79 Å². The van der Waals surface area contributed by atoms with Crippen molar-refractivity contribution in [1.29, 1.82) is 0 Å². The second kappa shape index (κ2) is 8.85. The number of carbonyl (C=O) groups excluding carboxylic acids is 1. The van der Waals surface area contributed by atoms with Gasteiger partial charge in [-0.1, -0.05) is 28.1 Å². The molecule has 0 heterocycles. The predicted octanol–water partition coefficient (Wildman–Crippen LogP) is 1.90. The Morgan fingerprint density at radius 1 is 1.47 bits per heavy atom. The molecule has 19 heavy (non-hydrogen) atoms. The summed E-state index contributed by atoms with van der Waals surface area (Å²) in [6, 6.07) is 5.94. The fourth-order valence-corrected chi connectivity index (χ4v) is 2.03. The van der Waals surface area contributed by atoms with E-state index in [0.29, 0.717) is 19.8 Å². The first-order valence-corrected chi connectivity index (χ1v) is 6.83. The molecule has 2 N–H and O–H groups in total. The van der Waals surface area contributed by atoms with Gasteiger partial charge in [-0.25, -0.2) is 0 Å². The summed E-state index contributed by atoms with van der Waals surface area (Å²) >= 11 is 3.45. The summed E-state index contributed by atoms with van der Waals surface area (Å²) in [7, 11) is 0. The monoisotopic (exact) mass is 327 g/mol. The van der Waals surface area contributed by atoms with Crippen LogP contribution in [-0.4, -0.2) is 37.4 Å². The zero-order chi connectivity index (χ0) is 14.1. The molecule has 0 bridgehead atoms. The van der Waals surface area contributed by atoms with Gasteiger partial charge in [-0.2, -0.15) is 0 Å². The number of ether oxygens (including phenoxy) is 1. The third-order valence-corrected chi connectivity index (χ3v) is 3.04. The Hall–Kier alpha value is -1.17. The normalized spacial score (nSPS) is 10.9. The van der Waals surface area contributed by atoms with Crippen LogP contribution in [-0.2, 0) is 9.53 Å². The molecule has 0 radical (unpaired) electrons. The number of carbonyl (C=O) groups is 1. The minimum Gasteiger partial charge on any atom is -0.394 e. The molecule has 0 aromatic heterocycles. The lowest BCUT2D eigenvalue weighted by atomic mass is 10.1. The molecule has 104 valence electrons. The van der Waals surface area contributed by atoms with E-state index in [9.17, 15) is 4.79 Å². The molecule has 4 nitrogen and oxygen atoms in total. The summed E-state index contributed by atoms with van der Waals surface area (Å²) in [5, 5.41) is 11.2. The molecule has 0 saturated carbocycles. The number of hydrogen-bond acceptors (Lipinski definition) is 3. The Labute approximate surface area is 121 Å². The van der Waals surface area contributed by atoms with Crippen molar-refractivity contribution in [3.63, 3.8) is 0 Å². The number of rotatable bonds is 7. The second-order valence-corrected chi connectivity index (χ2v) is 4.84. The smallest absolute Gasteiger partial charge is 0.244 e. The van der Waals surface area contributed by atoms with Crippen LogP contribution in [0.5, 0.6) is 0 Å². The summed E-state index contributed by atoms with van der Waals surface area (Å²) in [5.41, 5.74) is 2.12. The standard InChI is InChI=1S/C14H18BrNO3/c1-11-2-3-12(13(15)10-11)4-5-14(18)16-6-8-19-9-7-17/h2-5,10,17H,6-9H2,1H3,(H,16,18)/b5-4+. The number of hydrogen-bond donors (Lipinski definition) is 2. The van der Waals surface area contributed by atoms with Crippen molar-refractivity contribution in [2.75, 3.05) is 26.4 Å². The maximum absolute atomic E-state index is 11.5. The van der Waals surface area contributed by atoms with Gasteiger partial charge in [-0.15, -0.1) is 0 Å². The first kappa shape index (κ1) is 15.9. The number of benzene rings is 1. The Kier molecular flexibility index (Phi) is 7.40. The fraction of sp³-hybridized carbons (Fsp3) is 0.357. The third-order valence-electron chi connectivity index (χ3n) is 2.35. The average molecular weight is 328 g/mol. The van der Waals surface area contributed by atoms with Crippen molar-refractivity contribution < 1.29 is 14.6 Å². The number of aliphatic hydroxyl groups is 1. The van der Waals surface area contributed by atoms with Crippen LogP contribution in [0, 0.1) is 6.92 Å². The van der Waals surface area contributed by atoms with E-state index >= 15 is 0 Å². The molecule has 0 spiro atoms. The van der Waals surface area contributed by atoms with E-state index in [0.717, 1.165) is 15.6 Å². The van der Waals surface area contributed by atoms with E-state index in [2.05, 4.69) is 21.2 Å². The molecule has 1 amide bonds. The Bertz CT molecular complexity index is 446. The summed E-state index contributed by atoms with van der Waals surface area (Å²) in [6.07, 6.45) is 3.24. The first-order valence-electron chi connectivity index (χ1n) is 6.04. The Morgan fingerprint density at radius 2 is 2.26 bits per heavy atom. The van der Waals surface area contributed by atoms with Crippen LogP contribution in [0.1, 0.15) is 11.1 Å². The van der Waals surface area contributed by atoms with Gasteiger partial charge < -0.3 is 15.2 Å². The number of aryl methyl sites for hydroxylation is 1. The van der Waals surface area contributed by atoms with Crippen LogP contribution >= 0.6 is 15.9 Å². The van der Waals surface area contributed by atoms with Crippen molar-refractivity contribution in [3.8, 4) is 0 Å². The summed E-state index contributed by atoms with van der Waals surface area (Å²) < 4.78 is 5.99. The molecule has 5 heteroatoms. The van der Waals surface area contributed by atoms with Gasteiger partial charge in [0.2, 0.25) is 5.91 Å². The van der Waals surface area contributed by atoms with Gasteiger partial charge in [0, 0.05) is 17.1 Å². The summed E-state index contributed by atoms with van der Waals surface area (Å²) in [5.74, 6) is -0.167. The van der Waals surface area contributed by atoms with Gasteiger partial charge in [0.25, 0.3) is 0 Å². The number of halogens is 1. The maximum atomic E-state index is 11.5. The first-order chi connectivity index (χ1) is 9.13. The summed E-state index contributed by atoms with van der Waals surface area (Å²) in [4.78, 5) is 11.5. The molecule has 1 rings (SSSR count). The van der Waals surface area contributed by atoms with Gasteiger partial charge in [0.05, 0.1) is 19.8 Å². The quantitative estimate of drug-likeness (QED) is 0.594. The highest BCUT2D eigenvalue weighted by Gasteiger charge is 1.98. The van der Waals surface area contributed by atoms with E-state index < -0.39 is 0 Å². The second-order valence-electron chi connectivity index (χ2n) is 3.99. The van der Waals surface area contributed by atoms with Crippen LogP contribution in [0.4, 0.5) is 0 Å². The van der Waals surface area contributed by atoms with Crippen molar-refractivity contribution >= 4 is 27.9 Å². The maximum Gasteiger partial charge on any atom is 0.244 e. The zero-order valence-corrected chi connectivity index (χ0v) is 12.4. The van der Waals surface area contributed by atoms with Crippen molar-refractivity contribution in [3.05, 3.63) is 39.9 Å². The topological polar surface area (TPSA) is 58.6 Å². The molecule has 0 unspecified atom stereocenters. The van der Waals surface area contributed by atoms with Crippen molar-refractivity contribution in [2.45, 2.75) is 6.92 Å². The lowest BCUT2D eigenvalue weighted by Gasteiger charge is -2.03. The summed E-state index contributed by atoms with van der Waals surface area (Å²) in [6.45, 7) is 3.13. The molecule has 0 aliphatic rings. The molecule has 0 atom stereocenters. The largest absolute Gasteiger partial charge is 0.394 e. The van der Waals surface area contributed by atoms with Gasteiger partial charge in [-0.05, 0) is 30.2 Å². The van der Waals surface area contributed by atoms with Crippen molar-refractivity contribution in [1.82, 2.24) is 5.32 Å². The molecule has 0 aliphatic carbocycles. The predicted molar refractivity (Wildman–Crippen MR) is 78.8 cm³/mol. The highest BCUT2D eigenvalue weighted by Crippen LogP contribution is 2.19. The number of amides is 1. The van der Waals surface area contributed by atoms with E-state index in [1.54, 1.807) is 6.08 Å². The minimum atomic E-state index is -0.167. The van der Waals surface area contributed by atoms with Crippen LogP contribution in [0.15, 0.2) is 28.7 Å². The van der Waals surface area contributed by atoms with Gasteiger partial charge in [0.15, 0.2) is 0 Å². The third kappa shape index (κ3) is 6.52. The van der Waals surface area contributed by atoms with Gasteiger partial charge >= 0.3 is 0 Å². The van der Waals surface area contributed by atoms with Crippen LogP contribution in [0.2, 0.25) is 0 Å². The molecular weight excluding hydrogens is 310 g/mol. The van der Waals surface area contributed by atoms with Crippen LogP contribution in [0.25, 0.3) is 6.08 Å². The highest BCUT2D eigenvalue weighted by molar-refractivity contribution is 9.10. The molecule has 0 saturated heterocycles.